The Balaban J connectivity index is 2.16. The zero-order valence-corrected chi connectivity index (χ0v) is 17.8. The summed E-state index contributed by atoms with van der Waals surface area (Å²) in [5, 5.41) is 6.53. The molecule has 0 aliphatic carbocycles. The highest BCUT2D eigenvalue weighted by atomic mass is 35.5. The lowest BCUT2D eigenvalue weighted by molar-refractivity contribution is 0.431. The van der Waals surface area contributed by atoms with Gasteiger partial charge in [-0.1, -0.05) is 89.9 Å². The maximum absolute atomic E-state index is 6.20. The molecule has 3 aromatic rings. The lowest BCUT2D eigenvalue weighted by Crippen LogP contribution is -2.59. The fourth-order valence-electron chi connectivity index (χ4n) is 3.97. The summed E-state index contributed by atoms with van der Waals surface area (Å²) in [4.78, 5) is 2.31. The molecule has 0 spiro atoms. The van der Waals surface area contributed by atoms with E-state index >= 15 is 0 Å². The van der Waals surface area contributed by atoms with Crippen molar-refractivity contribution >= 4 is 40.8 Å². The Morgan fingerprint density at radius 1 is 0.808 bits per heavy atom. The van der Waals surface area contributed by atoms with Gasteiger partial charge in [0.1, 0.15) is 8.07 Å². The molecule has 0 fully saturated rings. The van der Waals surface area contributed by atoms with E-state index in [1.165, 1.54) is 34.5 Å². The van der Waals surface area contributed by atoms with Crippen molar-refractivity contribution in [2.45, 2.75) is 25.4 Å². The van der Waals surface area contributed by atoms with E-state index in [0.29, 0.717) is 0 Å². The van der Waals surface area contributed by atoms with E-state index in [-0.39, 0.29) is 0 Å². The third kappa shape index (κ3) is 4.03. The summed E-state index contributed by atoms with van der Waals surface area (Å²) >= 11 is 6.20. The molecule has 0 saturated heterocycles. The topological polar surface area (TPSA) is 3.24 Å². The van der Waals surface area contributed by atoms with Gasteiger partial charge in [0.2, 0.25) is 0 Å². The van der Waals surface area contributed by atoms with Gasteiger partial charge < -0.3 is 4.90 Å². The minimum Gasteiger partial charge on any atom is -0.310 e. The zero-order chi connectivity index (χ0) is 18.6. The first-order chi connectivity index (χ1) is 12.5. The van der Waals surface area contributed by atoms with Crippen LogP contribution in [0.5, 0.6) is 0 Å². The number of hydrogen-bond donors (Lipinski definition) is 0. The van der Waals surface area contributed by atoms with E-state index in [2.05, 4.69) is 92.6 Å². The Morgan fingerprint density at radius 2 is 1.46 bits per heavy atom. The van der Waals surface area contributed by atoms with Crippen molar-refractivity contribution in [2.75, 3.05) is 20.6 Å². The van der Waals surface area contributed by atoms with E-state index in [1.54, 1.807) is 5.19 Å². The Labute approximate surface area is 163 Å². The van der Waals surface area contributed by atoms with Gasteiger partial charge in [-0.3, -0.25) is 0 Å². The van der Waals surface area contributed by atoms with Gasteiger partial charge in [-0.25, -0.2) is 0 Å². The van der Waals surface area contributed by atoms with E-state index in [4.69, 9.17) is 11.6 Å². The second-order valence-electron chi connectivity index (χ2n) is 7.45. The summed E-state index contributed by atoms with van der Waals surface area (Å²) in [5.74, 6) is 0. The first-order valence-corrected chi connectivity index (χ1v) is 12.2. The molecule has 1 atom stereocenters. The molecule has 1 nitrogen and oxygen atoms in total. The SMILES string of the molecule is CCC[Si](CCN(C)C)(c1ccc(Cl)cc1)c1ccc2ccccc2c1. The van der Waals surface area contributed by atoms with Crippen LogP contribution in [0.1, 0.15) is 13.3 Å². The van der Waals surface area contributed by atoms with Crippen LogP contribution in [0.3, 0.4) is 0 Å². The Morgan fingerprint density at radius 3 is 2.12 bits per heavy atom. The van der Waals surface area contributed by atoms with Crippen LogP contribution in [-0.4, -0.2) is 33.6 Å². The number of nitrogens with zero attached hydrogens (tertiary/aromatic N) is 1. The monoisotopic (exact) mass is 381 g/mol. The van der Waals surface area contributed by atoms with Crippen LogP contribution in [0.15, 0.2) is 66.7 Å². The fraction of sp³-hybridized carbons (Fsp3) is 0.304. The summed E-state index contributed by atoms with van der Waals surface area (Å²) in [5.41, 5.74) is 0. The average molecular weight is 382 g/mol. The van der Waals surface area contributed by atoms with Gasteiger partial charge in [-0.15, -0.1) is 0 Å². The van der Waals surface area contributed by atoms with Crippen molar-refractivity contribution in [1.29, 1.82) is 0 Å². The first kappa shape index (κ1) is 19.2. The van der Waals surface area contributed by atoms with Crippen molar-refractivity contribution in [3.05, 3.63) is 71.8 Å². The molecular formula is C23H28ClNSi. The van der Waals surface area contributed by atoms with E-state index in [1.807, 2.05) is 0 Å². The third-order valence-electron chi connectivity index (χ3n) is 5.36. The van der Waals surface area contributed by atoms with Gasteiger partial charge in [-0.05, 0) is 55.6 Å². The molecule has 0 N–H and O–H groups in total. The van der Waals surface area contributed by atoms with Gasteiger partial charge >= 0.3 is 0 Å². The van der Waals surface area contributed by atoms with Crippen LogP contribution in [0, 0.1) is 0 Å². The van der Waals surface area contributed by atoms with Gasteiger partial charge in [0.15, 0.2) is 0 Å². The van der Waals surface area contributed by atoms with Crippen LogP contribution in [-0.2, 0) is 0 Å². The van der Waals surface area contributed by atoms with Gasteiger partial charge in [-0.2, -0.15) is 0 Å². The molecule has 3 rings (SSSR count). The predicted molar refractivity (Wildman–Crippen MR) is 119 cm³/mol. The minimum absolute atomic E-state index is 0.819. The van der Waals surface area contributed by atoms with Crippen molar-refractivity contribution in [1.82, 2.24) is 4.90 Å². The highest BCUT2D eigenvalue weighted by Crippen LogP contribution is 2.22. The Bertz CT molecular complexity index is 859. The van der Waals surface area contributed by atoms with Crippen LogP contribution in [0.4, 0.5) is 0 Å². The van der Waals surface area contributed by atoms with Crippen LogP contribution in [0.2, 0.25) is 17.1 Å². The average Bonchev–Trinajstić information content (AvgIpc) is 2.65. The molecular weight excluding hydrogens is 354 g/mol. The largest absolute Gasteiger partial charge is 0.310 e. The molecule has 26 heavy (non-hydrogen) atoms. The molecule has 136 valence electrons. The van der Waals surface area contributed by atoms with Crippen molar-refractivity contribution < 1.29 is 0 Å². The number of benzene rings is 3. The summed E-state index contributed by atoms with van der Waals surface area (Å²) < 4.78 is 0. The molecule has 3 aromatic carbocycles. The Hall–Kier alpha value is -1.61. The molecule has 0 bridgehead atoms. The number of hydrogen-bond acceptors (Lipinski definition) is 1. The fourth-order valence-corrected chi connectivity index (χ4v) is 9.15. The van der Waals surface area contributed by atoms with E-state index in [0.717, 1.165) is 11.6 Å². The Kier molecular flexibility index (Phi) is 6.18. The quantitative estimate of drug-likeness (QED) is 0.519. The maximum Gasteiger partial charge on any atom is 0.119 e. The van der Waals surface area contributed by atoms with Crippen molar-refractivity contribution in [3.63, 3.8) is 0 Å². The maximum atomic E-state index is 6.20. The van der Waals surface area contributed by atoms with Crippen molar-refractivity contribution in [2.24, 2.45) is 0 Å². The van der Waals surface area contributed by atoms with Crippen molar-refractivity contribution in [3.8, 4) is 0 Å². The highest BCUT2D eigenvalue weighted by molar-refractivity contribution is 7.02. The number of fused-ring (bicyclic) bond motifs is 1. The summed E-state index contributed by atoms with van der Waals surface area (Å²) in [6, 6.07) is 27.0. The second kappa shape index (κ2) is 8.39. The lowest BCUT2D eigenvalue weighted by Gasteiger charge is -2.34. The summed E-state index contributed by atoms with van der Waals surface area (Å²) in [7, 11) is 2.50. The second-order valence-corrected chi connectivity index (χ2v) is 12.2. The van der Waals surface area contributed by atoms with Crippen LogP contribution >= 0.6 is 11.6 Å². The molecule has 0 aromatic heterocycles. The van der Waals surface area contributed by atoms with Gasteiger partial charge in [0, 0.05) is 5.02 Å². The predicted octanol–water partition coefficient (Wildman–Crippen LogP) is 5.03. The van der Waals surface area contributed by atoms with Gasteiger partial charge in [0.05, 0.1) is 0 Å². The van der Waals surface area contributed by atoms with E-state index in [9.17, 15) is 0 Å². The van der Waals surface area contributed by atoms with Crippen LogP contribution < -0.4 is 10.4 Å². The molecule has 0 radical (unpaired) electrons. The standard InChI is InChI=1S/C23H28ClNSi/c1-4-16-26(17-15-25(2)3,22-13-10-21(24)11-14-22)23-12-9-19-7-5-6-8-20(19)18-23/h5-14,18H,4,15-17H2,1-3H3. The summed E-state index contributed by atoms with van der Waals surface area (Å²) in [6.45, 7) is 3.43. The normalized spacial score (nSPS) is 13.9. The smallest absolute Gasteiger partial charge is 0.119 e. The highest BCUT2D eigenvalue weighted by Gasteiger charge is 2.36. The molecule has 0 aliphatic heterocycles. The molecule has 0 saturated carbocycles. The van der Waals surface area contributed by atoms with Crippen LogP contribution in [0.25, 0.3) is 10.8 Å². The number of halogens is 1. The lowest BCUT2D eigenvalue weighted by atomic mass is 10.1. The zero-order valence-electron chi connectivity index (χ0n) is 16.0. The number of rotatable bonds is 7. The molecule has 0 aliphatic rings. The minimum atomic E-state index is -1.85. The molecule has 1 unspecified atom stereocenters. The summed E-state index contributed by atoms with van der Waals surface area (Å²) in [6.07, 6.45) is 1.20. The van der Waals surface area contributed by atoms with E-state index < -0.39 is 8.07 Å². The molecule has 0 amide bonds. The first-order valence-electron chi connectivity index (χ1n) is 9.45. The third-order valence-corrected chi connectivity index (χ3v) is 10.9. The molecule has 0 heterocycles. The van der Waals surface area contributed by atoms with Gasteiger partial charge in [0.25, 0.3) is 0 Å². The molecule has 3 heteroatoms.